The summed E-state index contributed by atoms with van der Waals surface area (Å²) < 4.78 is 34.5. The quantitative estimate of drug-likeness (QED) is 0.640. The van der Waals surface area contributed by atoms with Crippen molar-refractivity contribution in [3.63, 3.8) is 0 Å². The molecule has 28 heavy (non-hydrogen) atoms. The molecule has 1 aliphatic rings. The number of rotatable bonds is 8. The number of ether oxygens (including phenoxy) is 2. The molecular weight excluding hydrogens is 389 g/mol. The average molecular weight is 417 g/mol. The smallest absolute Gasteiger partial charge is 0.408 e. The number of Topliss-reactive ketones (excluding diaryl/α,β-unsaturated/α-hetero) is 1. The topological polar surface area (TPSA) is 118 Å². The van der Waals surface area contributed by atoms with Crippen LogP contribution in [0.25, 0.3) is 0 Å². The fourth-order valence-corrected chi connectivity index (χ4v) is 3.64. The van der Waals surface area contributed by atoms with E-state index in [0.717, 1.165) is 13.0 Å². The van der Waals surface area contributed by atoms with Crippen LogP contribution in [0.5, 0.6) is 5.88 Å². The fourth-order valence-electron chi connectivity index (χ4n) is 2.63. The molecule has 2 heterocycles. The molecule has 11 heteroatoms. The maximum Gasteiger partial charge on any atom is 0.408 e. The highest BCUT2D eigenvalue weighted by Crippen LogP contribution is 2.46. The molecule has 10 nitrogen and oxygen atoms in total. The Morgan fingerprint density at radius 1 is 1.36 bits per heavy atom. The van der Waals surface area contributed by atoms with Gasteiger partial charge in [0.2, 0.25) is 5.88 Å². The molecule has 1 N–H and O–H groups in total. The minimum atomic E-state index is -3.58. The fraction of sp³-hybridized carbons (Fsp3) is 0.706. The highest BCUT2D eigenvalue weighted by atomic mass is 31.2. The van der Waals surface area contributed by atoms with E-state index in [1.54, 1.807) is 31.5 Å². The Bertz CT molecular complexity index is 725. The number of carbonyl (C=O) groups is 2. The molecule has 0 aliphatic carbocycles. The summed E-state index contributed by atoms with van der Waals surface area (Å²) in [5, 5.41) is 6.95. The second kappa shape index (κ2) is 9.07. The maximum atomic E-state index is 12.8. The van der Waals surface area contributed by atoms with Crippen molar-refractivity contribution in [3.8, 4) is 5.88 Å². The van der Waals surface area contributed by atoms with Crippen LogP contribution < -0.4 is 10.1 Å². The minimum absolute atomic E-state index is 0.0921. The second-order valence-electron chi connectivity index (χ2n) is 7.40. The van der Waals surface area contributed by atoms with Gasteiger partial charge in [-0.2, -0.15) is 5.10 Å². The van der Waals surface area contributed by atoms with Crippen LogP contribution >= 0.6 is 7.60 Å². The Labute approximate surface area is 164 Å². The standard InChI is InChI=1S/C17H28N3O7P/c1-17(2,3)27-16(22)18-13(14(21)11-28(23,24-4)25-5)9-12-10-15-20(19-12)7-6-8-26-15/h10,13H,6-9,11H2,1-5H3,(H,18,22). The molecule has 1 aliphatic heterocycles. The molecule has 0 bridgehead atoms. The zero-order chi connectivity index (χ0) is 20.9. The van der Waals surface area contributed by atoms with Gasteiger partial charge in [0, 0.05) is 39.7 Å². The van der Waals surface area contributed by atoms with Crippen molar-refractivity contribution in [2.75, 3.05) is 27.0 Å². The molecule has 0 spiro atoms. The molecule has 1 amide bonds. The summed E-state index contributed by atoms with van der Waals surface area (Å²) in [7, 11) is -1.17. The lowest BCUT2D eigenvalue weighted by Gasteiger charge is -2.23. The van der Waals surface area contributed by atoms with Crippen molar-refractivity contribution < 1.29 is 32.7 Å². The first-order valence-electron chi connectivity index (χ1n) is 8.97. The van der Waals surface area contributed by atoms with Crippen LogP contribution in [0.4, 0.5) is 4.79 Å². The Hall–Kier alpha value is -1.90. The summed E-state index contributed by atoms with van der Waals surface area (Å²) in [4.78, 5) is 25.0. The van der Waals surface area contributed by atoms with Crippen molar-refractivity contribution in [3.05, 3.63) is 11.8 Å². The summed E-state index contributed by atoms with van der Waals surface area (Å²) in [6.45, 7) is 6.47. The number of carbonyl (C=O) groups excluding carboxylic acids is 2. The first kappa shape index (κ1) is 22.4. The number of fused-ring (bicyclic) bond motifs is 1. The molecule has 0 radical (unpaired) electrons. The lowest BCUT2D eigenvalue weighted by molar-refractivity contribution is -0.119. The third kappa shape index (κ3) is 6.32. The van der Waals surface area contributed by atoms with Crippen LogP contribution in [0.3, 0.4) is 0 Å². The number of hydrogen-bond donors (Lipinski definition) is 1. The van der Waals surface area contributed by atoms with Gasteiger partial charge >= 0.3 is 13.7 Å². The predicted octanol–water partition coefficient (Wildman–Crippen LogP) is 2.16. The van der Waals surface area contributed by atoms with Crippen LogP contribution in [0.2, 0.25) is 0 Å². The number of nitrogens with one attached hydrogen (secondary N) is 1. The molecule has 1 aromatic rings. The zero-order valence-electron chi connectivity index (χ0n) is 16.9. The van der Waals surface area contributed by atoms with Gasteiger partial charge in [-0.3, -0.25) is 9.36 Å². The van der Waals surface area contributed by atoms with E-state index >= 15 is 0 Å². The van der Waals surface area contributed by atoms with Gasteiger partial charge in [-0.05, 0) is 20.8 Å². The highest BCUT2D eigenvalue weighted by molar-refractivity contribution is 7.54. The lowest BCUT2D eigenvalue weighted by Crippen LogP contribution is -2.45. The van der Waals surface area contributed by atoms with Gasteiger partial charge in [-0.25, -0.2) is 9.48 Å². The minimum Gasteiger partial charge on any atom is -0.478 e. The van der Waals surface area contributed by atoms with Crippen molar-refractivity contribution >= 4 is 19.5 Å². The summed E-state index contributed by atoms with van der Waals surface area (Å²) in [6.07, 6.45) is -0.299. The SMILES string of the molecule is COP(=O)(CC(=O)C(Cc1cc2n(n1)CCCO2)NC(=O)OC(C)(C)C)OC. The molecule has 1 aromatic heterocycles. The molecule has 1 atom stereocenters. The van der Waals surface area contributed by atoms with Crippen molar-refractivity contribution in [1.29, 1.82) is 0 Å². The molecule has 0 fully saturated rings. The van der Waals surface area contributed by atoms with Gasteiger partial charge in [0.15, 0.2) is 5.78 Å². The van der Waals surface area contributed by atoms with Crippen LogP contribution in [-0.4, -0.2) is 60.3 Å². The van der Waals surface area contributed by atoms with E-state index < -0.39 is 37.3 Å². The van der Waals surface area contributed by atoms with E-state index in [4.69, 9.17) is 18.5 Å². The third-order valence-corrected chi connectivity index (χ3v) is 5.77. The van der Waals surface area contributed by atoms with E-state index in [1.165, 1.54) is 14.2 Å². The van der Waals surface area contributed by atoms with E-state index in [0.29, 0.717) is 18.2 Å². The van der Waals surface area contributed by atoms with Gasteiger partial charge in [0.05, 0.1) is 18.3 Å². The van der Waals surface area contributed by atoms with Crippen LogP contribution in [0.15, 0.2) is 6.07 Å². The Kier molecular flexibility index (Phi) is 7.25. The van der Waals surface area contributed by atoms with Crippen LogP contribution in [0.1, 0.15) is 32.9 Å². The first-order valence-corrected chi connectivity index (χ1v) is 10.7. The number of hydrogen-bond acceptors (Lipinski definition) is 8. The van der Waals surface area contributed by atoms with E-state index in [2.05, 4.69) is 10.4 Å². The van der Waals surface area contributed by atoms with Crippen molar-refractivity contribution in [1.82, 2.24) is 15.1 Å². The average Bonchev–Trinajstić information content (AvgIpc) is 3.01. The number of amides is 1. The third-order valence-electron chi connectivity index (χ3n) is 3.96. The molecule has 2 rings (SSSR count). The Morgan fingerprint density at radius 3 is 2.61 bits per heavy atom. The largest absolute Gasteiger partial charge is 0.478 e. The molecular formula is C17H28N3O7P. The maximum absolute atomic E-state index is 12.8. The van der Waals surface area contributed by atoms with Gasteiger partial charge in [-0.15, -0.1) is 0 Å². The van der Waals surface area contributed by atoms with E-state index in [1.807, 2.05) is 0 Å². The Balaban J connectivity index is 2.17. The monoisotopic (exact) mass is 417 g/mol. The molecule has 1 unspecified atom stereocenters. The summed E-state index contributed by atoms with van der Waals surface area (Å²) in [5.74, 6) is 0.106. The van der Waals surface area contributed by atoms with Gasteiger partial charge in [0.1, 0.15) is 11.8 Å². The van der Waals surface area contributed by atoms with E-state index in [-0.39, 0.29) is 6.42 Å². The van der Waals surface area contributed by atoms with Crippen molar-refractivity contribution in [2.45, 2.75) is 51.8 Å². The highest BCUT2D eigenvalue weighted by Gasteiger charge is 2.33. The first-order chi connectivity index (χ1) is 13.0. The zero-order valence-corrected chi connectivity index (χ0v) is 17.8. The van der Waals surface area contributed by atoms with E-state index in [9.17, 15) is 14.2 Å². The van der Waals surface area contributed by atoms with Gasteiger partial charge in [-0.1, -0.05) is 0 Å². The lowest BCUT2D eigenvalue weighted by atomic mass is 10.1. The predicted molar refractivity (Wildman–Crippen MR) is 101 cm³/mol. The number of alkyl carbamates (subject to hydrolysis) is 1. The number of nitrogens with zero attached hydrogens (tertiary/aromatic N) is 2. The number of aryl methyl sites for hydroxylation is 1. The van der Waals surface area contributed by atoms with Gasteiger partial charge < -0.3 is 23.8 Å². The summed E-state index contributed by atoms with van der Waals surface area (Å²) in [5.41, 5.74) is -0.163. The molecule has 158 valence electrons. The van der Waals surface area contributed by atoms with Crippen molar-refractivity contribution in [2.24, 2.45) is 0 Å². The number of aromatic nitrogens is 2. The van der Waals surface area contributed by atoms with Gasteiger partial charge in [0.25, 0.3) is 0 Å². The van der Waals surface area contributed by atoms with Crippen LogP contribution in [0, 0.1) is 0 Å². The normalized spacial score (nSPS) is 15.3. The summed E-state index contributed by atoms with van der Waals surface area (Å²) in [6, 6.07) is 0.716. The summed E-state index contributed by atoms with van der Waals surface area (Å²) >= 11 is 0. The van der Waals surface area contributed by atoms with Crippen LogP contribution in [-0.2, 0) is 36.1 Å². The number of ketones is 1. The molecule has 0 aromatic carbocycles. The second-order valence-corrected chi connectivity index (χ2v) is 9.67. The molecule has 0 saturated carbocycles. The Morgan fingerprint density at radius 2 is 2.04 bits per heavy atom. The molecule has 0 saturated heterocycles.